The van der Waals surface area contributed by atoms with Crippen LogP contribution in [0.25, 0.3) is 0 Å². The fourth-order valence-corrected chi connectivity index (χ4v) is 3.24. The lowest BCUT2D eigenvalue weighted by Crippen LogP contribution is -2.45. The smallest absolute Gasteiger partial charge is 0.244 e. The molecule has 0 aromatic carbocycles. The molecule has 1 aliphatic heterocycles. The summed E-state index contributed by atoms with van der Waals surface area (Å²) in [5.41, 5.74) is 0. The summed E-state index contributed by atoms with van der Waals surface area (Å²) in [7, 11) is 3.40. The lowest BCUT2D eigenvalue weighted by molar-refractivity contribution is -0.142. The van der Waals surface area contributed by atoms with E-state index in [9.17, 15) is 14.4 Å². The van der Waals surface area contributed by atoms with Crippen LogP contribution in [0.15, 0.2) is 17.5 Å². The first kappa shape index (κ1) is 15.7. The molecular formula is C15H20N2O3S. The number of nitrogens with zero attached hydrogens (tertiary/aromatic N) is 2. The van der Waals surface area contributed by atoms with Gasteiger partial charge < -0.3 is 9.80 Å². The van der Waals surface area contributed by atoms with Gasteiger partial charge >= 0.3 is 0 Å². The van der Waals surface area contributed by atoms with Gasteiger partial charge in [-0.25, -0.2) is 0 Å². The van der Waals surface area contributed by atoms with Crippen LogP contribution in [0.5, 0.6) is 0 Å². The van der Waals surface area contributed by atoms with E-state index in [2.05, 4.69) is 0 Å². The topological polar surface area (TPSA) is 57.7 Å². The van der Waals surface area contributed by atoms with Crippen molar-refractivity contribution in [3.8, 4) is 0 Å². The van der Waals surface area contributed by atoms with Gasteiger partial charge in [0.1, 0.15) is 6.04 Å². The molecule has 5 nitrogen and oxygen atoms in total. The maximum Gasteiger partial charge on any atom is 0.244 e. The highest BCUT2D eigenvalue weighted by Gasteiger charge is 2.34. The van der Waals surface area contributed by atoms with E-state index in [0.29, 0.717) is 17.8 Å². The normalized spacial score (nSPS) is 17.8. The molecule has 1 atom stereocenters. The average molecular weight is 308 g/mol. The molecule has 2 rings (SSSR count). The van der Waals surface area contributed by atoms with E-state index in [4.69, 9.17) is 0 Å². The van der Waals surface area contributed by atoms with E-state index in [1.807, 2.05) is 11.4 Å². The fourth-order valence-electron chi connectivity index (χ4n) is 2.54. The second-order valence-electron chi connectivity index (χ2n) is 5.38. The average Bonchev–Trinajstić information content (AvgIpc) is 3.13. The molecule has 2 heterocycles. The van der Waals surface area contributed by atoms with Crippen molar-refractivity contribution in [2.75, 3.05) is 20.6 Å². The molecule has 0 saturated carbocycles. The molecule has 1 aliphatic rings. The van der Waals surface area contributed by atoms with Crippen LogP contribution in [-0.2, 0) is 9.59 Å². The predicted molar refractivity (Wildman–Crippen MR) is 81.3 cm³/mol. The molecule has 1 aromatic rings. The van der Waals surface area contributed by atoms with Crippen molar-refractivity contribution >= 4 is 28.9 Å². The van der Waals surface area contributed by atoms with Crippen molar-refractivity contribution in [1.82, 2.24) is 9.80 Å². The van der Waals surface area contributed by atoms with Gasteiger partial charge in [0.25, 0.3) is 0 Å². The molecule has 1 fully saturated rings. The first-order chi connectivity index (χ1) is 10.0. The SMILES string of the molecule is CN(C)C(=O)C1CCCN1C(=O)CCC(=O)c1cccs1. The maximum atomic E-state index is 12.3. The minimum absolute atomic E-state index is 0.00645. The Labute approximate surface area is 128 Å². The number of thiophene rings is 1. The Morgan fingerprint density at radius 2 is 2.10 bits per heavy atom. The number of hydrogen-bond acceptors (Lipinski definition) is 4. The molecule has 0 aliphatic carbocycles. The highest BCUT2D eigenvalue weighted by atomic mass is 32.1. The third-order valence-electron chi connectivity index (χ3n) is 3.66. The molecule has 0 spiro atoms. The first-order valence-corrected chi connectivity index (χ1v) is 7.96. The standard InChI is InChI=1S/C15H20N2O3S/c1-16(2)15(20)11-5-3-9-17(11)14(19)8-7-12(18)13-6-4-10-21-13/h4,6,10-11H,3,5,7-9H2,1-2H3. The van der Waals surface area contributed by atoms with Gasteiger partial charge in [0.15, 0.2) is 5.78 Å². The summed E-state index contributed by atoms with van der Waals surface area (Å²) in [6.45, 7) is 0.607. The van der Waals surface area contributed by atoms with Crippen LogP contribution < -0.4 is 0 Å². The number of likely N-dealkylation sites (tertiary alicyclic amines) is 1. The Morgan fingerprint density at radius 1 is 1.33 bits per heavy atom. The van der Waals surface area contributed by atoms with Gasteiger partial charge in [-0.05, 0) is 24.3 Å². The van der Waals surface area contributed by atoms with Crippen LogP contribution in [-0.4, -0.2) is 54.1 Å². The number of ketones is 1. The third kappa shape index (κ3) is 3.69. The van der Waals surface area contributed by atoms with Crippen molar-refractivity contribution in [2.45, 2.75) is 31.7 Å². The predicted octanol–water partition coefficient (Wildman–Crippen LogP) is 1.79. The summed E-state index contributed by atoms with van der Waals surface area (Å²) in [6, 6.07) is 3.24. The summed E-state index contributed by atoms with van der Waals surface area (Å²) in [6.07, 6.45) is 1.93. The van der Waals surface area contributed by atoms with E-state index in [1.165, 1.54) is 16.2 Å². The summed E-state index contributed by atoms with van der Waals surface area (Å²) in [4.78, 5) is 40.1. The van der Waals surface area contributed by atoms with E-state index < -0.39 is 0 Å². The van der Waals surface area contributed by atoms with Crippen molar-refractivity contribution in [3.63, 3.8) is 0 Å². The molecule has 1 unspecified atom stereocenters. The second-order valence-corrected chi connectivity index (χ2v) is 6.33. The summed E-state index contributed by atoms with van der Waals surface area (Å²) < 4.78 is 0. The van der Waals surface area contributed by atoms with Crippen LogP contribution in [0.3, 0.4) is 0 Å². The number of likely N-dealkylation sites (N-methyl/N-ethyl adjacent to an activating group) is 1. The number of Topliss-reactive ketones (excluding diaryl/α,β-unsaturated/α-hetero) is 1. The summed E-state index contributed by atoms with van der Waals surface area (Å²) >= 11 is 1.39. The van der Waals surface area contributed by atoms with E-state index >= 15 is 0 Å². The Balaban J connectivity index is 1.90. The minimum atomic E-state index is -0.357. The van der Waals surface area contributed by atoms with Gasteiger partial charge in [0.05, 0.1) is 4.88 Å². The Kier molecular flexibility index (Phi) is 5.12. The van der Waals surface area contributed by atoms with Crippen LogP contribution >= 0.6 is 11.3 Å². The number of carbonyl (C=O) groups is 3. The Bertz CT molecular complexity index is 525. The molecule has 6 heteroatoms. The number of carbonyl (C=O) groups excluding carboxylic acids is 3. The molecule has 21 heavy (non-hydrogen) atoms. The maximum absolute atomic E-state index is 12.3. The van der Waals surface area contributed by atoms with Gasteiger partial charge in [0, 0.05) is 33.5 Å². The molecule has 1 saturated heterocycles. The zero-order valence-electron chi connectivity index (χ0n) is 12.4. The zero-order chi connectivity index (χ0) is 15.4. The molecule has 2 amide bonds. The van der Waals surface area contributed by atoms with Gasteiger partial charge in [-0.15, -0.1) is 11.3 Å². The van der Waals surface area contributed by atoms with Gasteiger partial charge in [0.2, 0.25) is 11.8 Å². The van der Waals surface area contributed by atoms with Crippen molar-refractivity contribution < 1.29 is 14.4 Å². The second kappa shape index (κ2) is 6.85. The summed E-state index contributed by atoms with van der Waals surface area (Å²) in [5.74, 6) is -0.143. The van der Waals surface area contributed by atoms with Crippen molar-refractivity contribution in [3.05, 3.63) is 22.4 Å². The lowest BCUT2D eigenvalue weighted by atomic mass is 10.1. The highest BCUT2D eigenvalue weighted by Crippen LogP contribution is 2.21. The molecule has 0 radical (unpaired) electrons. The van der Waals surface area contributed by atoms with Gasteiger partial charge in [-0.3, -0.25) is 14.4 Å². The van der Waals surface area contributed by atoms with Gasteiger partial charge in [-0.1, -0.05) is 6.07 Å². The minimum Gasteiger partial charge on any atom is -0.347 e. The molecule has 114 valence electrons. The highest BCUT2D eigenvalue weighted by molar-refractivity contribution is 7.12. The Morgan fingerprint density at radius 3 is 2.71 bits per heavy atom. The lowest BCUT2D eigenvalue weighted by Gasteiger charge is -2.26. The third-order valence-corrected chi connectivity index (χ3v) is 4.57. The fraction of sp³-hybridized carbons (Fsp3) is 0.533. The number of hydrogen-bond donors (Lipinski definition) is 0. The van der Waals surface area contributed by atoms with Crippen LogP contribution in [0, 0.1) is 0 Å². The van der Waals surface area contributed by atoms with E-state index in [1.54, 1.807) is 25.1 Å². The molecule has 0 N–H and O–H groups in total. The largest absolute Gasteiger partial charge is 0.347 e. The van der Waals surface area contributed by atoms with Crippen LogP contribution in [0.2, 0.25) is 0 Å². The van der Waals surface area contributed by atoms with Crippen molar-refractivity contribution in [1.29, 1.82) is 0 Å². The molecule has 1 aromatic heterocycles. The molecule has 0 bridgehead atoms. The van der Waals surface area contributed by atoms with Crippen LogP contribution in [0.1, 0.15) is 35.4 Å². The van der Waals surface area contributed by atoms with Crippen molar-refractivity contribution in [2.24, 2.45) is 0 Å². The zero-order valence-corrected chi connectivity index (χ0v) is 13.2. The number of amides is 2. The van der Waals surface area contributed by atoms with Crippen LogP contribution in [0.4, 0.5) is 0 Å². The monoisotopic (exact) mass is 308 g/mol. The molecular weight excluding hydrogens is 288 g/mol. The van der Waals surface area contributed by atoms with E-state index in [-0.39, 0.29) is 36.5 Å². The summed E-state index contributed by atoms with van der Waals surface area (Å²) in [5, 5.41) is 1.85. The Hall–Kier alpha value is -1.69. The number of rotatable bonds is 5. The quantitative estimate of drug-likeness (QED) is 0.779. The first-order valence-electron chi connectivity index (χ1n) is 7.08. The van der Waals surface area contributed by atoms with E-state index in [0.717, 1.165) is 6.42 Å². The van der Waals surface area contributed by atoms with Gasteiger partial charge in [-0.2, -0.15) is 0 Å².